The van der Waals surface area contributed by atoms with E-state index in [2.05, 4.69) is 15.0 Å². The van der Waals surface area contributed by atoms with Crippen LogP contribution in [0.5, 0.6) is 5.75 Å². The quantitative estimate of drug-likeness (QED) is 0.901. The molecule has 0 unspecified atom stereocenters. The van der Waals surface area contributed by atoms with Gasteiger partial charge in [-0.05, 0) is 30.3 Å². The van der Waals surface area contributed by atoms with Crippen molar-refractivity contribution >= 4 is 29.0 Å². The summed E-state index contributed by atoms with van der Waals surface area (Å²) in [7, 11) is 3.68. The topological polar surface area (TPSA) is 54.5 Å². The van der Waals surface area contributed by atoms with Crippen molar-refractivity contribution in [2.75, 3.05) is 24.3 Å². The lowest BCUT2D eigenvalue weighted by molar-refractivity contribution is -0.0497. The van der Waals surface area contributed by atoms with E-state index in [-0.39, 0.29) is 16.7 Å². The summed E-state index contributed by atoms with van der Waals surface area (Å²) in [5.74, 6) is 0.177. The lowest BCUT2D eigenvalue weighted by atomic mass is 10.2. The van der Waals surface area contributed by atoms with E-state index in [9.17, 15) is 13.6 Å². The second kappa shape index (κ2) is 7.23. The maximum Gasteiger partial charge on any atom is 0.387 e. The lowest BCUT2D eigenvalue weighted by Gasteiger charge is -2.12. The van der Waals surface area contributed by atoms with Crippen LogP contribution in [0, 0.1) is 0 Å². The SMILES string of the molecule is CN(C)c1ccc(C(=O)Nc2ccc(OC(F)F)c(Cl)c2)cn1. The van der Waals surface area contributed by atoms with E-state index in [1.54, 1.807) is 12.1 Å². The number of nitrogens with zero attached hydrogens (tertiary/aromatic N) is 2. The number of rotatable bonds is 5. The second-order valence-corrected chi connectivity index (χ2v) is 5.18. The van der Waals surface area contributed by atoms with Crippen LogP contribution in [0.3, 0.4) is 0 Å². The van der Waals surface area contributed by atoms with Gasteiger partial charge in [0.1, 0.15) is 11.6 Å². The highest BCUT2D eigenvalue weighted by atomic mass is 35.5. The number of carbonyl (C=O) groups is 1. The molecular formula is C15H14ClF2N3O2. The van der Waals surface area contributed by atoms with Gasteiger partial charge in [-0.3, -0.25) is 4.79 Å². The van der Waals surface area contributed by atoms with Gasteiger partial charge >= 0.3 is 6.61 Å². The molecule has 2 aromatic rings. The Bertz CT molecular complexity index is 694. The number of hydrogen-bond acceptors (Lipinski definition) is 4. The number of alkyl halides is 2. The smallest absolute Gasteiger partial charge is 0.387 e. The molecule has 23 heavy (non-hydrogen) atoms. The summed E-state index contributed by atoms with van der Waals surface area (Å²) >= 11 is 5.83. The highest BCUT2D eigenvalue weighted by molar-refractivity contribution is 6.32. The number of aromatic nitrogens is 1. The van der Waals surface area contributed by atoms with Crippen molar-refractivity contribution < 1.29 is 18.3 Å². The highest BCUT2D eigenvalue weighted by Gasteiger charge is 2.11. The number of carbonyl (C=O) groups excluding carboxylic acids is 1. The zero-order valence-electron chi connectivity index (χ0n) is 12.4. The van der Waals surface area contributed by atoms with E-state index in [0.717, 1.165) is 5.82 Å². The molecule has 1 aromatic carbocycles. The average molecular weight is 342 g/mol. The van der Waals surface area contributed by atoms with Crippen LogP contribution in [-0.4, -0.2) is 31.6 Å². The summed E-state index contributed by atoms with van der Waals surface area (Å²) in [6.45, 7) is -2.96. The number of pyridine rings is 1. The van der Waals surface area contributed by atoms with Crippen molar-refractivity contribution in [1.29, 1.82) is 0 Å². The van der Waals surface area contributed by atoms with Gasteiger partial charge in [0.25, 0.3) is 5.91 Å². The molecule has 0 atom stereocenters. The molecule has 5 nitrogen and oxygen atoms in total. The Kier molecular flexibility index (Phi) is 5.33. The Labute approximate surface area is 136 Å². The zero-order chi connectivity index (χ0) is 17.0. The van der Waals surface area contributed by atoms with Gasteiger partial charge < -0.3 is 15.0 Å². The van der Waals surface area contributed by atoms with Crippen molar-refractivity contribution in [2.45, 2.75) is 6.61 Å². The lowest BCUT2D eigenvalue weighted by Crippen LogP contribution is -2.14. The molecule has 0 aliphatic carbocycles. The third-order valence-electron chi connectivity index (χ3n) is 2.87. The van der Waals surface area contributed by atoms with E-state index in [4.69, 9.17) is 11.6 Å². The van der Waals surface area contributed by atoms with Gasteiger partial charge in [0.2, 0.25) is 0 Å². The van der Waals surface area contributed by atoms with E-state index < -0.39 is 6.61 Å². The summed E-state index contributed by atoms with van der Waals surface area (Å²) < 4.78 is 28.6. The molecule has 1 amide bonds. The molecule has 0 radical (unpaired) electrons. The van der Waals surface area contributed by atoms with Crippen molar-refractivity contribution in [2.24, 2.45) is 0 Å². The molecule has 8 heteroatoms. The third-order valence-corrected chi connectivity index (χ3v) is 3.17. The molecule has 0 saturated carbocycles. The van der Waals surface area contributed by atoms with E-state index in [1.807, 2.05) is 19.0 Å². The van der Waals surface area contributed by atoms with Crippen LogP contribution >= 0.6 is 11.6 Å². The molecule has 2 rings (SSSR count). The van der Waals surface area contributed by atoms with Crippen LogP contribution in [0.15, 0.2) is 36.5 Å². The second-order valence-electron chi connectivity index (χ2n) is 4.78. The largest absolute Gasteiger partial charge is 0.433 e. The van der Waals surface area contributed by atoms with Crippen LogP contribution in [0.4, 0.5) is 20.3 Å². The van der Waals surface area contributed by atoms with E-state index >= 15 is 0 Å². The molecule has 0 fully saturated rings. The molecule has 0 aliphatic heterocycles. The summed E-state index contributed by atoms with van der Waals surface area (Å²) in [6.07, 6.45) is 1.44. The number of amides is 1. The molecule has 0 aliphatic rings. The molecular weight excluding hydrogens is 328 g/mol. The normalized spacial score (nSPS) is 10.5. The Morgan fingerprint density at radius 1 is 1.30 bits per heavy atom. The van der Waals surface area contributed by atoms with Crippen LogP contribution < -0.4 is 15.0 Å². The zero-order valence-corrected chi connectivity index (χ0v) is 13.1. The van der Waals surface area contributed by atoms with Gasteiger partial charge in [-0.2, -0.15) is 8.78 Å². The molecule has 0 spiro atoms. The number of hydrogen-bond donors (Lipinski definition) is 1. The van der Waals surface area contributed by atoms with Crippen molar-refractivity contribution in [3.05, 3.63) is 47.1 Å². The predicted octanol–water partition coefficient (Wildman–Crippen LogP) is 3.65. The van der Waals surface area contributed by atoms with Gasteiger partial charge in [-0.15, -0.1) is 0 Å². The fraction of sp³-hybridized carbons (Fsp3) is 0.200. The molecule has 1 heterocycles. The van der Waals surface area contributed by atoms with Gasteiger partial charge in [0, 0.05) is 26.0 Å². The number of benzene rings is 1. The minimum Gasteiger partial charge on any atom is -0.433 e. The van der Waals surface area contributed by atoms with Gasteiger partial charge in [0.15, 0.2) is 0 Å². The molecule has 1 aromatic heterocycles. The Hall–Kier alpha value is -2.41. The van der Waals surface area contributed by atoms with E-state index in [1.165, 1.54) is 24.4 Å². The van der Waals surface area contributed by atoms with Gasteiger partial charge in [-0.1, -0.05) is 11.6 Å². The molecule has 1 N–H and O–H groups in total. The number of ether oxygens (including phenoxy) is 1. The van der Waals surface area contributed by atoms with E-state index in [0.29, 0.717) is 11.3 Å². The fourth-order valence-corrected chi connectivity index (χ4v) is 1.98. The monoisotopic (exact) mass is 341 g/mol. The first-order valence-corrected chi connectivity index (χ1v) is 6.93. The highest BCUT2D eigenvalue weighted by Crippen LogP contribution is 2.29. The van der Waals surface area contributed by atoms with Crippen LogP contribution in [0.1, 0.15) is 10.4 Å². The Balaban J connectivity index is 2.09. The van der Waals surface area contributed by atoms with Crippen molar-refractivity contribution in [3.63, 3.8) is 0 Å². The predicted molar refractivity (Wildman–Crippen MR) is 84.6 cm³/mol. The average Bonchev–Trinajstić information content (AvgIpc) is 2.49. The van der Waals surface area contributed by atoms with Crippen LogP contribution in [-0.2, 0) is 0 Å². The number of nitrogens with one attached hydrogen (secondary N) is 1. The third kappa shape index (κ3) is 4.53. The molecule has 122 valence electrons. The summed E-state index contributed by atoms with van der Waals surface area (Å²) in [6, 6.07) is 7.36. The van der Waals surface area contributed by atoms with Gasteiger partial charge in [-0.25, -0.2) is 4.98 Å². The number of halogens is 3. The Morgan fingerprint density at radius 3 is 2.57 bits per heavy atom. The first kappa shape index (κ1) is 17.0. The molecule has 0 saturated heterocycles. The molecule has 0 bridgehead atoms. The minimum atomic E-state index is -2.96. The fourth-order valence-electron chi connectivity index (χ4n) is 1.76. The summed E-state index contributed by atoms with van der Waals surface area (Å²) in [5, 5.41) is 2.58. The number of anilines is 2. The Morgan fingerprint density at radius 2 is 2.04 bits per heavy atom. The van der Waals surface area contributed by atoms with Crippen molar-refractivity contribution in [1.82, 2.24) is 4.98 Å². The minimum absolute atomic E-state index is 0.0239. The maximum atomic E-state index is 12.2. The van der Waals surface area contributed by atoms with Crippen molar-refractivity contribution in [3.8, 4) is 5.75 Å². The maximum absolute atomic E-state index is 12.2. The first-order valence-electron chi connectivity index (χ1n) is 6.56. The van der Waals surface area contributed by atoms with Gasteiger partial charge in [0.05, 0.1) is 10.6 Å². The first-order chi connectivity index (χ1) is 10.9. The van der Waals surface area contributed by atoms with Crippen LogP contribution in [0.25, 0.3) is 0 Å². The van der Waals surface area contributed by atoms with Crippen LogP contribution in [0.2, 0.25) is 5.02 Å². The summed E-state index contributed by atoms with van der Waals surface area (Å²) in [5.41, 5.74) is 0.720. The summed E-state index contributed by atoms with van der Waals surface area (Å²) in [4.78, 5) is 18.1. The standard InChI is InChI=1S/C15H14ClF2N3O2/c1-21(2)13-6-3-9(8-19-13)14(22)20-10-4-5-12(11(16)7-10)23-15(17)18/h3-8,15H,1-2H3,(H,20,22).